The number of piperidine rings is 1. The number of esters is 1. The lowest BCUT2D eigenvalue weighted by atomic mass is 9.77. The molecule has 0 unspecified atom stereocenters. The number of carbonyl (C=O) groups excluding carboxylic acids is 3. The van der Waals surface area contributed by atoms with Crippen LogP contribution in [0.3, 0.4) is 0 Å². The summed E-state index contributed by atoms with van der Waals surface area (Å²) in [4.78, 5) is 41.1. The molecule has 6 heteroatoms. The Morgan fingerprint density at radius 1 is 1.14 bits per heavy atom. The Morgan fingerprint density at radius 2 is 1.79 bits per heavy atom. The summed E-state index contributed by atoms with van der Waals surface area (Å²) in [5, 5.41) is 3.03. The number of carbonyl (C=O) groups is 3. The molecule has 3 fully saturated rings. The largest absolute Gasteiger partial charge is 0.469 e. The molecule has 6 nitrogen and oxygen atoms in total. The summed E-state index contributed by atoms with van der Waals surface area (Å²) in [5.41, 5.74) is -0.519. The van der Waals surface area contributed by atoms with Gasteiger partial charge in [-0.1, -0.05) is 44.4 Å². The number of likely N-dealkylation sites (tertiary alicyclic amines) is 1. The molecule has 2 saturated carbocycles. The Labute approximate surface area is 172 Å². The number of benzene rings is 1. The normalized spacial score (nSPS) is 34.3. The Hall–Kier alpha value is -2.37. The molecule has 4 rings (SSSR count). The average molecular weight is 399 g/mol. The lowest BCUT2D eigenvalue weighted by molar-refractivity contribution is -0.148. The Morgan fingerprint density at radius 3 is 2.41 bits per heavy atom. The molecule has 0 aromatic heterocycles. The third kappa shape index (κ3) is 3.22. The second-order valence-electron chi connectivity index (χ2n) is 8.93. The average Bonchev–Trinajstić information content (AvgIpc) is 3.48. The first-order valence-electron chi connectivity index (χ1n) is 10.7. The molecule has 156 valence electrons. The standard InChI is InChI=1S/C23H30N2O4/c1-14-17-18(21(27)29-3)19(17)25(16-12-8-5-9-13-16)22(28)23(14,2)24-20(26)15-10-6-4-7-11-15/h4,6-7,10-11,14,16-19H,5,8-9,12-13H2,1-3H3,(H,24,26)/t14-,17-,18+,19-,23+/m0/s1. The molecule has 1 N–H and O–H groups in total. The second kappa shape index (κ2) is 7.47. The second-order valence-corrected chi connectivity index (χ2v) is 8.93. The lowest BCUT2D eigenvalue weighted by Crippen LogP contribution is -2.67. The number of fused-ring (bicyclic) bond motifs is 1. The first kappa shape index (κ1) is 19.9. The van der Waals surface area contributed by atoms with Gasteiger partial charge in [0.1, 0.15) is 5.54 Å². The summed E-state index contributed by atoms with van der Waals surface area (Å²) < 4.78 is 5.04. The number of ether oxygens (including phenoxy) is 1. The number of nitrogens with one attached hydrogen (secondary N) is 1. The van der Waals surface area contributed by atoms with Crippen molar-refractivity contribution >= 4 is 17.8 Å². The summed E-state index contributed by atoms with van der Waals surface area (Å²) in [5.74, 6) is -1.00. The highest BCUT2D eigenvalue weighted by Crippen LogP contribution is 2.57. The van der Waals surface area contributed by atoms with Crippen molar-refractivity contribution in [1.29, 1.82) is 0 Å². The molecule has 0 bridgehead atoms. The molecule has 2 amide bonds. The van der Waals surface area contributed by atoms with E-state index in [0.29, 0.717) is 5.56 Å². The maximum atomic E-state index is 13.8. The monoisotopic (exact) mass is 398 g/mol. The van der Waals surface area contributed by atoms with E-state index in [2.05, 4.69) is 5.32 Å². The molecule has 1 heterocycles. The van der Waals surface area contributed by atoms with E-state index in [9.17, 15) is 14.4 Å². The predicted molar refractivity (Wildman–Crippen MR) is 108 cm³/mol. The van der Waals surface area contributed by atoms with Crippen LogP contribution in [0.1, 0.15) is 56.3 Å². The Balaban J connectivity index is 1.65. The third-order valence-electron chi connectivity index (χ3n) is 7.37. The van der Waals surface area contributed by atoms with Gasteiger partial charge < -0.3 is 15.0 Å². The van der Waals surface area contributed by atoms with E-state index >= 15 is 0 Å². The Bertz CT molecular complexity index is 804. The van der Waals surface area contributed by atoms with Crippen LogP contribution in [0.15, 0.2) is 30.3 Å². The van der Waals surface area contributed by atoms with Crippen molar-refractivity contribution in [2.75, 3.05) is 7.11 Å². The van der Waals surface area contributed by atoms with Gasteiger partial charge in [-0.05, 0) is 37.8 Å². The van der Waals surface area contributed by atoms with Crippen molar-refractivity contribution in [1.82, 2.24) is 10.2 Å². The fourth-order valence-electron chi connectivity index (χ4n) is 5.53. The number of methoxy groups -OCH3 is 1. The van der Waals surface area contributed by atoms with Crippen LogP contribution in [-0.2, 0) is 14.3 Å². The topological polar surface area (TPSA) is 75.7 Å². The molecule has 1 aliphatic heterocycles. The van der Waals surface area contributed by atoms with E-state index < -0.39 is 5.54 Å². The summed E-state index contributed by atoms with van der Waals surface area (Å²) in [6, 6.07) is 8.99. The highest BCUT2D eigenvalue weighted by atomic mass is 16.5. The van der Waals surface area contributed by atoms with Crippen molar-refractivity contribution < 1.29 is 19.1 Å². The van der Waals surface area contributed by atoms with Gasteiger partial charge in [0.2, 0.25) is 5.91 Å². The molecular weight excluding hydrogens is 368 g/mol. The van der Waals surface area contributed by atoms with E-state index in [1.165, 1.54) is 13.5 Å². The summed E-state index contributed by atoms with van der Waals surface area (Å²) in [6.45, 7) is 3.79. The number of rotatable bonds is 4. The molecule has 0 spiro atoms. The van der Waals surface area contributed by atoms with Crippen LogP contribution in [0.25, 0.3) is 0 Å². The van der Waals surface area contributed by atoms with Gasteiger partial charge >= 0.3 is 5.97 Å². The van der Waals surface area contributed by atoms with Gasteiger partial charge in [-0.25, -0.2) is 0 Å². The van der Waals surface area contributed by atoms with Crippen molar-refractivity contribution in [3.63, 3.8) is 0 Å². The van der Waals surface area contributed by atoms with E-state index in [1.807, 2.05) is 36.9 Å². The minimum atomic E-state index is -1.05. The highest BCUT2D eigenvalue weighted by molar-refractivity contribution is 6.00. The van der Waals surface area contributed by atoms with Gasteiger partial charge in [0.05, 0.1) is 13.0 Å². The quantitative estimate of drug-likeness (QED) is 0.792. The molecule has 5 atom stereocenters. The maximum Gasteiger partial charge on any atom is 0.311 e. The van der Waals surface area contributed by atoms with Crippen molar-refractivity contribution in [2.24, 2.45) is 17.8 Å². The van der Waals surface area contributed by atoms with Crippen LogP contribution >= 0.6 is 0 Å². The van der Waals surface area contributed by atoms with E-state index in [1.54, 1.807) is 12.1 Å². The van der Waals surface area contributed by atoms with Gasteiger partial charge in [0, 0.05) is 23.6 Å². The first-order valence-corrected chi connectivity index (χ1v) is 10.7. The fraction of sp³-hybridized carbons (Fsp3) is 0.609. The SMILES string of the molecule is COC(=O)[C@@H]1[C@H]2[C@@H]1N(C1CCCCC1)C(=O)[C@](C)(NC(=O)c1ccccc1)[C@H]2C. The van der Waals surface area contributed by atoms with Crippen LogP contribution < -0.4 is 5.32 Å². The molecular formula is C23H30N2O4. The van der Waals surface area contributed by atoms with Crippen LogP contribution in [0.5, 0.6) is 0 Å². The van der Waals surface area contributed by atoms with Gasteiger partial charge in [0.15, 0.2) is 0 Å². The molecule has 29 heavy (non-hydrogen) atoms. The Kier molecular flexibility index (Phi) is 5.13. The predicted octanol–water partition coefficient (Wildman–Crippen LogP) is 2.77. The number of hydrogen-bond acceptors (Lipinski definition) is 4. The minimum absolute atomic E-state index is 0.0168. The minimum Gasteiger partial charge on any atom is -0.469 e. The number of nitrogens with zero attached hydrogens (tertiary/aromatic N) is 1. The van der Waals surface area contributed by atoms with Crippen LogP contribution in [0.2, 0.25) is 0 Å². The molecule has 2 aliphatic carbocycles. The zero-order chi connectivity index (χ0) is 20.8. The van der Waals surface area contributed by atoms with E-state index in [-0.39, 0.29) is 47.6 Å². The maximum absolute atomic E-state index is 13.8. The molecule has 1 aromatic rings. The molecule has 0 radical (unpaired) electrons. The van der Waals surface area contributed by atoms with Gasteiger partial charge in [0.25, 0.3) is 5.91 Å². The van der Waals surface area contributed by atoms with Gasteiger partial charge in [-0.15, -0.1) is 0 Å². The number of hydrogen-bond donors (Lipinski definition) is 1. The fourth-order valence-corrected chi connectivity index (χ4v) is 5.53. The van der Waals surface area contributed by atoms with Gasteiger partial charge in [-0.3, -0.25) is 14.4 Å². The van der Waals surface area contributed by atoms with E-state index in [4.69, 9.17) is 4.74 Å². The van der Waals surface area contributed by atoms with Crippen LogP contribution in [0, 0.1) is 17.8 Å². The number of amides is 2. The van der Waals surface area contributed by atoms with Crippen molar-refractivity contribution in [2.45, 2.75) is 63.6 Å². The summed E-state index contributed by atoms with van der Waals surface area (Å²) >= 11 is 0. The van der Waals surface area contributed by atoms with E-state index in [0.717, 1.165) is 25.7 Å². The summed E-state index contributed by atoms with van der Waals surface area (Å²) in [6.07, 6.45) is 5.29. The zero-order valence-corrected chi connectivity index (χ0v) is 17.4. The van der Waals surface area contributed by atoms with Crippen LogP contribution in [-0.4, -0.2) is 47.4 Å². The smallest absolute Gasteiger partial charge is 0.311 e. The molecule has 1 saturated heterocycles. The van der Waals surface area contributed by atoms with Crippen molar-refractivity contribution in [3.05, 3.63) is 35.9 Å². The summed E-state index contributed by atoms with van der Waals surface area (Å²) in [7, 11) is 1.40. The zero-order valence-electron chi connectivity index (χ0n) is 17.4. The highest BCUT2D eigenvalue weighted by Gasteiger charge is 2.71. The third-order valence-corrected chi connectivity index (χ3v) is 7.37. The molecule has 1 aromatic carbocycles. The van der Waals surface area contributed by atoms with Crippen molar-refractivity contribution in [3.8, 4) is 0 Å². The lowest BCUT2D eigenvalue weighted by Gasteiger charge is -2.47. The molecule has 3 aliphatic rings. The first-order chi connectivity index (χ1) is 13.9. The van der Waals surface area contributed by atoms with Crippen LogP contribution in [0.4, 0.5) is 0 Å². The van der Waals surface area contributed by atoms with Gasteiger partial charge in [-0.2, -0.15) is 0 Å².